The lowest BCUT2D eigenvalue weighted by molar-refractivity contribution is 0.0953. The van der Waals surface area contributed by atoms with Crippen LogP contribution in [0, 0.1) is 0 Å². The monoisotopic (exact) mass is 255 g/mol. The van der Waals surface area contributed by atoms with Gasteiger partial charge in [-0.05, 0) is 31.0 Å². The highest BCUT2D eigenvalue weighted by molar-refractivity contribution is 6.30. The highest BCUT2D eigenvalue weighted by Gasteiger charge is 2.04. The Hall–Kier alpha value is -1.06. The number of benzene rings is 1. The van der Waals surface area contributed by atoms with E-state index in [4.69, 9.17) is 16.7 Å². The van der Waals surface area contributed by atoms with Gasteiger partial charge in [-0.2, -0.15) is 0 Å². The molecule has 0 fully saturated rings. The number of aliphatic hydroxyl groups is 1. The van der Waals surface area contributed by atoms with Crippen molar-refractivity contribution < 1.29 is 9.90 Å². The molecule has 0 bridgehead atoms. The molecule has 0 saturated heterocycles. The van der Waals surface area contributed by atoms with Crippen LogP contribution in [0.15, 0.2) is 24.3 Å². The van der Waals surface area contributed by atoms with E-state index in [1.54, 1.807) is 24.3 Å². The standard InChI is InChI=1S/C13H18ClNO2/c14-12-7-5-6-11(10-12)13(17)15-8-3-1-2-4-9-16/h5-7,10,16H,1-4,8-9H2,(H,15,17). The molecule has 2 N–H and O–H groups in total. The molecule has 0 unspecified atom stereocenters. The van der Waals surface area contributed by atoms with E-state index in [9.17, 15) is 4.79 Å². The lowest BCUT2D eigenvalue weighted by Gasteiger charge is -2.05. The van der Waals surface area contributed by atoms with E-state index in [1.165, 1.54) is 0 Å². The lowest BCUT2D eigenvalue weighted by Crippen LogP contribution is -2.24. The molecular formula is C13H18ClNO2. The van der Waals surface area contributed by atoms with Crippen molar-refractivity contribution in [2.45, 2.75) is 25.7 Å². The van der Waals surface area contributed by atoms with Crippen molar-refractivity contribution in [3.8, 4) is 0 Å². The molecule has 17 heavy (non-hydrogen) atoms. The summed E-state index contributed by atoms with van der Waals surface area (Å²) in [6, 6.07) is 6.90. The van der Waals surface area contributed by atoms with Gasteiger partial charge in [0.25, 0.3) is 5.91 Å². The fourth-order valence-electron chi connectivity index (χ4n) is 1.52. The molecule has 3 nitrogen and oxygen atoms in total. The van der Waals surface area contributed by atoms with Crippen LogP contribution in [-0.4, -0.2) is 24.2 Å². The van der Waals surface area contributed by atoms with Crippen molar-refractivity contribution in [1.82, 2.24) is 5.32 Å². The average molecular weight is 256 g/mol. The first kappa shape index (κ1) is 14.0. The van der Waals surface area contributed by atoms with Gasteiger partial charge < -0.3 is 10.4 Å². The molecular weight excluding hydrogens is 238 g/mol. The second-order valence-corrected chi connectivity index (χ2v) is 4.34. The first-order valence-corrected chi connectivity index (χ1v) is 6.26. The van der Waals surface area contributed by atoms with Gasteiger partial charge in [-0.15, -0.1) is 0 Å². The van der Waals surface area contributed by atoms with Crippen LogP contribution in [0.25, 0.3) is 0 Å². The van der Waals surface area contributed by atoms with Crippen molar-refractivity contribution in [2.75, 3.05) is 13.2 Å². The molecule has 94 valence electrons. The molecule has 1 rings (SSSR count). The molecule has 1 amide bonds. The van der Waals surface area contributed by atoms with Gasteiger partial charge in [0.1, 0.15) is 0 Å². The lowest BCUT2D eigenvalue weighted by atomic mass is 10.2. The van der Waals surface area contributed by atoms with E-state index in [2.05, 4.69) is 5.32 Å². The average Bonchev–Trinajstić information content (AvgIpc) is 2.33. The molecule has 0 spiro atoms. The summed E-state index contributed by atoms with van der Waals surface area (Å²) in [6.45, 7) is 0.908. The zero-order valence-electron chi connectivity index (χ0n) is 9.79. The first-order chi connectivity index (χ1) is 8.24. The van der Waals surface area contributed by atoms with Gasteiger partial charge in [-0.1, -0.05) is 30.5 Å². The predicted molar refractivity (Wildman–Crippen MR) is 69.3 cm³/mol. The third-order valence-corrected chi connectivity index (χ3v) is 2.69. The van der Waals surface area contributed by atoms with E-state index in [1.807, 2.05) is 0 Å². The van der Waals surface area contributed by atoms with Crippen LogP contribution >= 0.6 is 11.6 Å². The van der Waals surface area contributed by atoms with Crippen LogP contribution in [0.3, 0.4) is 0 Å². The minimum Gasteiger partial charge on any atom is -0.396 e. The number of unbranched alkanes of at least 4 members (excludes halogenated alkanes) is 3. The molecule has 0 saturated carbocycles. The molecule has 0 heterocycles. The summed E-state index contributed by atoms with van der Waals surface area (Å²) in [5.74, 6) is -0.0883. The van der Waals surface area contributed by atoms with Gasteiger partial charge in [-0.25, -0.2) is 0 Å². The van der Waals surface area contributed by atoms with E-state index in [0.717, 1.165) is 25.7 Å². The Morgan fingerprint density at radius 3 is 2.71 bits per heavy atom. The Labute approximate surface area is 107 Å². The zero-order chi connectivity index (χ0) is 12.5. The number of nitrogens with one attached hydrogen (secondary N) is 1. The van der Waals surface area contributed by atoms with Crippen molar-refractivity contribution in [2.24, 2.45) is 0 Å². The minimum absolute atomic E-state index is 0.0883. The predicted octanol–water partition coefficient (Wildman–Crippen LogP) is 2.62. The summed E-state index contributed by atoms with van der Waals surface area (Å²) in [4.78, 5) is 11.7. The van der Waals surface area contributed by atoms with Gasteiger partial charge >= 0.3 is 0 Å². The fraction of sp³-hybridized carbons (Fsp3) is 0.462. The fourth-order valence-corrected chi connectivity index (χ4v) is 1.71. The Kier molecular flexibility index (Phi) is 6.67. The van der Waals surface area contributed by atoms with Crippen LogP contribution < -0.4 is 5.32 Å². The second kappa shape index (κ2) is 8.09. The largest absolute Gasteiger partial charge is 0.396 e. The minimum atomic E-state index is -0.0883. The topological polar surface area (TPSA) is 49.3 Å². The molecule has 0 aliphatic heterocycles. The van der Waals surface area contributed by atoms with Gasteiger partial charge in [0.05, 0.1) is 0 Å². The third kappa shape index (κ3) is 5.71. The summed E-state index contributed by atoms with van der Waals surface area (Å²) in [5.41, 5.74) is 0.591. The molecule has 0 atom stereocenters. The maximum absolute atomic E-state index is 11.7. The second-order valence-electron chi connectivity index (χ2n) is 3.90. The van der Waals surface area contributed by atoms with E-state index in [-0.39, 0.29) is 12.5 Å². The highest BCUT2D eigenvalue weighted by atomic mass is 35.5. The quantitative estimate of drug-likeness (QED) is 0.736. The van der Waals surface area contributed by atoms with Gasteiger partial charge in [-0.3, -0.25) is 4.79 Å². The summed E-state index contributed by atoms with van der Waals surface area (Å²) in [7, 11) is 0. The third-order valence-electron chi connectivity index (χ3n) is 2.46. The van der Waals surface area contributed by atoms with Crippen LogP contribution in [-0.2, 0) is 0 Å². The van der Waals surface area contributed by atoms with Crippen molar-refractivity contribution in [3.63, 3.8) is 0 Å². The van der Waals surface area contributed by atoms with E-state index < -0.39 is 0 Å². The summed E-state index contributed by atoms with van der Waals surface area (Å²) in [6.07, 6.45) is 3.80. The first-order valence-electron chi connectivity index (χ1n) is 5.88. The molecule has 0 radical (unpaired) electrons. The molecule has 0 aromatic heterocycles. The number of rotatable bonds is 7. The normalized spacial score (nSPS) is 10.2. The SMILES string of the molecule is O=C(NCCCCCCO)c1cccc(Cl)c1. The molecule has 4 heteroatoms. The Balaban J connectivity index is 2.21. The van der Waals surface area contributed by atoms with E-state index in [0.29, 0.717) is 17.1 Å². The number of hydrogen-bond donors (Lipinski definition) is 2. The number of carbonyl (C=O) groups excluding carboxylic acids is 1. The maximum Gasteiger partial charge on any atom is 0.251 e. The number of halogens is 1. The van der Waals surface area contributed by atoms with Gasteiger partial charge in [0, 0.05) is 23.7 Å². The van der Waals surface area contributed by atoms with Crippen LogP contribution in [0.1, 0.15) is 36.0 Å². The maximum atomic E-state index is 11.7. The van der Waals surface area contributed by atoms with E-state index >= 15 is 0 Å². The van der Waals surface area contributed by atoms with Crippen molar-refractivity contribution in [3.05, 3.63) is 34.9 Å². The van der Waals surface area contributed by atoms with Gasteiger partial charge in [0.2, 0.25) is 0 Å². The Morgan fingerprint density at radius 1 is 1.24 bits per heavy atom. The highest BCUT2D eigenvalue weighted by Crippen LogP contribution is 2.10. The van der Waals surface area contributed by atoms with Crippen molar-refractivity contribution >= 4 is 17.5 Å². The summed E-state index contributed by atoms with van der Waals surface area (Å²) < 4.78 is 0. The number of aliphatic hydroxyl groups excluding tert-OH is 1. The summed E-state index contributed by atoms with van der Waals surface area (Å²) >= 11 is 5.80. The zero-order valence-corrected chi connectivity index (χ0v) is 10.5. The molecule has 0 aliphatic carbocycles. The molecule has 0 aliphatic rings. The number of amides is 1. The van der Waals surface area contributed by atoms with Gasteiger partial charge in [0.15, 0.2) is 0 Å². The molecule has 1 aromatic carbocycles. The van der Waals surface area contributed by atoms with Crippen LogP contribution in [0.5, 0.6) is 0 Å². The smallest absolute Gasteiger partial charge is 0.251 e. The molecule has 1 aromatic rings. The Morgan fingerprint density at radius 2 is 2.00 bits per heavy atom. The van der Waals surface area contributed by atoms with Crippen molar-refractivity contribution in [1.29, 1.82) is 0 Å². The van der Waals surface area contributed by atoms with Crippen LogP contribution in [0.4, 0.5) is 0 Å². The number of carbonyl (C=O) groups is 1. The summed E-state index contributed by atoms with van der Waals surface area (Å²) in [5, 5.41) is 12.0. The Bertz CT molecular complexity index is 355. The van der Waals surface area contributed by atoms with Crippen LogP contribution in [0.2, 0.25) is 5.02 Å². The number of hydrogen-bond acceptors (Lipinski definition) is 2.